The first kappa shape index (κ1) is 18.9. The Morgan fingerprint density at radius 3 is 2.00 bits per heavy atom. The van der Waals surface area contributed by atoms with E-state index in [4.69, 9.17) is 0 Å². The van der Waals surface area contributed by atoms with Crippen molar-refractivity contribution in [2.24, 2.45) is 5.92 Å². The van der Waals surface area contributed by atoms with Gasteiger partial charge in [-0.25, -0.2) is 8.78 Å². The monoisotopic (exact) mass is 378 g/mol. The third-order valence-electron chi connectivity index (χ3n) is 6.18. The first-order valence-electron chi connectivity index (χ1n) is 10.2. The van der Waals surface area contributed by atoms with Gasteiger partial charge >= 0.3 is 0 Å². The zero-order valence-corrected chi connectivity index (χ0v) is 16.5. The van der Waals surface area contributed by atoms with E-state index in [0.29, 0.717) is 17.0 Å². The van der Waals surface area contributed by atoms with Gasteiger partial charge in [0.2, 0.25) is 0 Å². The smallest absolute Gasteiger partial charge is 0.131 e. The molecule has 2 heteroatoms. The van der Waals surface area contributed by atoms with E-state index in [0.717, 1.165) is 41.0 Å². The molecule has 0 radical (unpaired) electrons. The second kappa shape index (κ2) is 7.87. The minimum atomic E-state index is -0.208. The number of hydrogen-bond acceptors (Lipinski definition) is 0. The summed E-state index contributed by atoms with van der Waals surface area (Å²) in [7, 11) is 0. The van der Waals surface area contributed by atoms with E-state index in [2.05, 4.69) is 13.0 Å². The molecule has 1 aliphatic rings. The van der Waals surface area contributed by atoms with Crippen molar-refractivity contribution in [2.45, 2.75) is 45.4 Å². The first-order chi connectivity index (χ1) is 13.5. The highest BCUT2D eigenvalue weighted by Crippen LogP contribution is 2.37. The fraction of sp³-hybridized carbons (Fsp3) is 0.308. The Kier molecular flexibility index (Phi) is 5.30. The largest absolute Gasteiger partial charge is 0.207 e. The summed E-state index contributed by atoms with van der Waals surface area (Å²) in [6.45, 7) is 4.05. The molecule has 0 aromatic heterocycles. The quantitative estimate of drug-likeness (QED) is 0.431. The van der Waals surface area contributed by atoms with E-state index < -0.39 is 0 Å². The van der Waals surface area contributed by atoms with E-state index in [1.807, 2.05) is 36.4 Å². The molecular weight excluding hydrogens is 350 g/mol. The van der Waals surface area contributed by atoms with Crippen molar-refractivity contribution in [3.05, 3.63) is 83.4 Å². The summed E-state index contributed by atoms with van der Waals surface area (Å²) in [5.41, 5.74) is 4.98. The number of rotatable bonds is 3. The van der Waals surface area contributed by atoms with E-state index in [1.165, 1.54) is 12.8 Å². The maximum Gasteiger partial charge on any atom is 0.131 e. The Morgan fingerprint density at radius 2 is 1.36 bits per heavy atom. The van der Waals surface area contributed by atoms with Crippen molar-refractivity contribution in [2.75, 3.05) is 0 Å². The Bertz CT molecular complexity index is 970. The molecule has 1 fully saturated rings. The topological polar surface area (TPSA) is 0 Å². The average molecular weight is 379 g/mol. The maximum absolute atomic E-state index is 14.8. The van der Waals surface area contributed by atoms with E-state index >= 15 is 0 Å². The van der Waals surface area contributed by atoms with Gasteiger partial charge in [-0.1, -0.05) is 68.3 Å². The van der Waals surface area contributed by atoms with Crippen molar-refractivity contribution in [3.8, 4) is 22.3 Å². The molecule has 1 saturated carbocycles. The summed E-state index contributed by atoms with van der Waals surface area (Å²) in [4.78, 5) is 0. The van der Waals surface area contributed by atoms with Crippen LogP contribution in [0.1, 0.15) is 51.1 Å². The van der Waals surface area contributed by atoms with Gasteiger partial charge in [0.25, 0.3) is 0 Å². The molecule has 28 heavy (non-hydrogen) atoms. The van der Waals surface area contributed by atoms with Crippen LogP contribution in [0.2, 0.25) is 0 Å². The Morgan fingerprint density at radius 1 is 0.714 bits per heavy atom. The van der Waals surface area contributed by atoms with Crippen LogP contribution in [0, 0.1) is 24.5 Å². The third kappa shape index (κ3) is 3.87. The molecule has 3 aromatic rings. The molecule has 146 valence electrons. The van der Waals surface area contributed by atoms with E-state index in [9.17, 15) is 8.78 Å². The predicted molar refractivity (Wildman–Crippen MR) is 114 cm³/mol. The van der Waals surface area contributed by atoms with Crippen molar-refractivity contribution < 1.29 is 10.2 Å². The van der Waals surface area contributed by atoms with Crippen LogP contribution in [0.3, 0.4) is 0 Å². The minimum Gasteiger partial charge on any atom is -0.207 e. The summed E-state index contributed by atoms with van der Waals surface area (Å²) in [6, 6.07) is 18.6. The molecule has 4 rings (SSSR count). The van der Waals surface area contributed by atoms with Gasteiger partial charge in [-0.15, -0.1) is 0 Å². The molecule has 1 aliphatic carbocycles. The van der Waals surface area contributed by atoms with Crippen LogP contribution in [0.4, 0.5) is 8.78 Å². The summed E-state index contributed by atoms with van der Waals surface area (Å²) in [5.74, 6) is 0.907. The molecule has 0 saturated heterocycles. The number of hydrogen-bond donors (Lipinski definition) is 0. The van der Waals surface area contributed by atoms with Crippen LogP contribution in [0.5, 0.6) is 0 Å². The van der Waals surface area contributed by atoms with Crippen molar-refractivity contribution in [1.82, 2.24) is 0 Å². The summed E-state index contributed by atoms with van der Waals surface area (Å²) < 4.78 is 28.7. The second-order valence-corrected chi connectivity index (χ2v) is 8.24. The average Bonchev–Trinajstić information content (AvgIpc) is 2.71. The Balaban J connectivity index is 0.00000240. The number of aryl methyl sites for hydroxylation is 1. The molecule has 0 nitrogen and oxygen atoms in total. The Hall–Kier alpha value is -2.48. The maximum atomic E-state index is 14.8. The van der Waals surface area contributed by atoms with Crippen LogP contribution in [-0.2, 0) is 0 Å². The lowest BCUT2D eigenvalue weighted by Gasteiger charge is -2.26. The summed E-state index contributed by atoms with van der Waals surface area (Å²) in [6.07, 6.45) is 4.77. The standard InChI is InChI=1S/C26H26F2.H2/c1-17-3-6-19(7-4-17)23-13-14-24(26(28)16-23)21-11-9-20(10-12-21)22-8-5-18(2)25(27)15-22;/h5,8-17,19H,3-4,6-7H2,1-2H3;1H. The lowest BCUT2D eigenvalue weighted by molar-refractivity contribution is 0.347. The van der Waals surface area contributed by atoms with Gasteiger partial charge in [0.05, 0.1) is 0 Å². The molecule has 0 atom stereocenters. The van der Waals surface area contributed by atoms with E-state index in [-0.39, 0.29) is 13.1 Å². The SMILES string of the molecule is Cc1ccc(-c2ccc(-c3ccc(C4CCC(C)CC4)cc3F)cc2)cc1F.[HH]. The van der Waals surface area contributed by atoms with Gasteiger partial charge in [-0.3, -0.25) is 0 Å². The van der Waals surface area contributed by atoms with Gasteiger partial charge in [-0.05, 0) is 71.6 Å². The fourth-order valence-electron chi connectivity index (χ4n) is 4.23. The molecule has 0 unspecified atom stereocenters. The fourth-order valence-corrected chi connectivity index (χ4v) is 4.23. The number of benzene rings is 3. The first-order valence-corrected chi connectivity index (χ1v) is 10.2. The van der Waals surface area contributed by atoms with Crippen molar-refractivity contribution in [3.63, 3.8) is 0 Å². The van der Waals surface area contributed by atoms with Gasteiger partial charge in [0, 0.05) is 6.99 Å². The second-order valence-electron chi connectivity index (χ2n) is 8.24. The van der Waals surface area contributed by atoms with Gasteiger partial charge < -0.3 is 0 Å². The third-order valence-corrected chi connectivity index (χ3v) is 6.18. The van der Waals surface area contributed by atoms with Crippen LogP contribution < -0.4 is 0 Å². The predicted octanol–water partition coefficient (Wildman–Crippen LogP) is 8.15. The molecule has 0 N–H and O–H groups in total. The zero-order valence-electron chi connectivity index (χ0n) is 16.5. The van der Waals surface area contributed by atoms with Crippen LogP contribution >= 0.6 is 0 Å². The van der Waals surface area contributed by atoms with Crippen molar-refractivity contribution in [1.29, 1.82) is 0 Å². The lowest BCUT2D eigenvalue weighted by Crippen LogP contribution is -2.11. The molecular formula is C26H28F2. The van der Waals surface area contributed by atoms with Gasteiger partial charge in [0.15, 0.2) is 0 Å². The van der Waals surface area contributed by atoms with E-state index in [1.54, 1.807) is 25.1 Å². The molecule has 0 aliphatic heterocycles. The highest BCUT2D eigenvalue weighted by molar-refractivity contribution is 5.71. The van der Waals surface area contributed by atoms with Gasteiger partial charge in [-0.2, -0.15) is 0 Å². The van der Waals surface area contributed by atoms with Gasteiger partial charge in [0.1, 0.15) is 11.6 Å². The molecule has 0 spiro atoms. The lowest BCUT2D eigenvalue weighted by atomic mass is 9.79. The molecule has 0 amide bonds. The summed E-state index contributed by atoms with van der Waals surface area (Å²) in [5, 5.41) is 0. The summed E-state index contributed by atoms with van der Waals surface area (Å²) >= 11 is 0. The highest BCUT2D eigenvalue weighted by Gasteiger charge is 2.20. The molecule has 0 heterocycles. The number of halogens is 2. The van der Waals surface area contributed by atoms with Crippen molar-refractivity contribution >= 4 is 0 Å². The zero-order chi connectivity index (χ0) is 19.7. The Labute approximate surface area is 167 Å². The van der Waals surface area contributed by atoms with Crippen LogP contribution in [0.25, 0.3) is 22.3 Å². The normalized spacial score (nSPS) is 19.6. The minimum absolute atomic E-state index is 0. The molecule has 3 aromatic carbocycles. The molecule has 0 bridgehead atoms. The van der Waals surface area contributed by atoms with Crippen LogP contribution in [0.15, 0.2) is 60.7 Å². The van der Waals surface area contributed by atoms with Crippen LogP contribution in [-0.4, -0.2) is 0 Å². The highest BCUT2D eigenvalue weighted by atomic mass is 19.1.